The predicted octanol–water partition coefficient (Wildman–Crippen LogP) is 5.93. The van der Waals surface area contributed by atoms with Gasteiger partial charge >= 0.3 is 13.5 Å². The van der Waals surface area contributed by atoms with Crippen LogP contribution >= 0.6 is 7.82 Å². The summed E-state index contributed by atoms with van der Waals surface area (Å²) in [5.74, 6) is -1.37. The van der Waals surface area contributed by atoms with E-state index >= 15 is 0 Å². The summed E-state index contributed by atoms with van der Waals surface area (Å²) in [4.78, 5) is 35.1. The third-order valence-corrected chi connectivity index (χ3v) is 9.14. The second-order valence-electron chi connectivity index (χ2n) is 11.8. The Morgan fingerprint density at radius 1 is 0.935 bits per heavy atom. The van der Waals surface area contributed by atoms with Gasteiger partial charge in [-0.05, 0) is 43.9 Å². The normalized spacial score (nSPS) is 20.2. The van der Waals surface area contributed by atoms with Gasteiger partial charge in [-0.15, -0.1) is 0 Å². The van der Waals surface area contributed by atoms with Crippen molar-refractivity contribution in [1.29, 1.82) is 0 Å². The first-order chi connectivity index (χ1) is 22.1. The molecular weight excluding hydrogens is 625 g/mol. The Bertz CT molecular complexity index is 1320. The van der Waals surface area contributed by atoms with Crippen LogP contribution in [0.1, 0.15) is 102 Å². The van der Waals surface area contributed by atoms with E-state index in [1.54, 1.807) is 0 Å². The fourth-order valence-corrected chi connectivity index (χ4v) is 6.42. The number of aliphatic hydroxyl groups excluding tert-OH is 1. The number of aliphatic hydroxyl groups is 1. The molecule has 1 aromatic carbocycles. The average molecular weight is 675 g/mol. The van der Waals surface area contributed by atoms with E-state index in [4.69, 9.17) is 18.5 Å². The number of unbranched alkanes of at least 4 members (excludes halogenated alkanes) is 11. The number of hydrogen-bond acceptors (Lipinski definition) is 8. The van der Waals surface area contributed by atoms with Crippen molar-refractivity contribution in [2.75, 3.05) is 19.8 Å². The highest BCUT2D eigenvalue weighted by molar-refractivity contribution is 7.47. The van der Waals surface area contributed by atoms with Gasteiger partial charge in [-0.25, -0.2) is 13.8 Å². The van der Waals surface area contributed by atoms with Crippen LogP contribution in [0.25, 0.3) is 0 Å². The van der Waals surface area contributed by atoms with Gasteiger partial charge in [0.1, 0.15) is 18.1 Å². The number of phosphoric acid groups is 1. The van der Waals surface area contributed by atoms with Crippen LogP contribution in [-0.2, 0) is 29.5 Å². The molecule has 0 saturated carbocycles. The second-order valence-corrected chi connectivity index (χ2v) is 13.3. The maximum atomic E-state index is 13.6. The molecule has 1 unspecified atom stereocenters. The van der Waals surface area contributed by atoms with Crippen molar-refractivity contribution < 1.29 is 41.9 Å². The van der Waals surface area contributed by atoms with Crippen molar-refractivity contribution in [3.8, 4) is 0 Å². The van der Waals surface area contributed by atoms with Gasteiger partial charge in [0.15, 0.2) is 0 Å². The summed E-state index contributed by atoms with van der Waals surface area (Å²) < 4.78 is 60.9. The van der Waals surface area contributed by atoms with Crippen LogP contribution in [0.4, 0.5) is 8.78 Å². The third-order valence-electron chi connectivity index (χ3n) is 8.03. The molecule has 3 N–H and O–H groups in total. The molecule has 3 rings (SSSR count). The number of hydrogen-bond donors (Lipinski definition) is 3. The van der Waals surface area contributed by atoms with E-state index in [1.165, 1.54) is 76.0 Å². The molecule has 46 heavy (non-hydrogen) atoms. The lowest BCUT2D eigenvalue weighted by atomic mass is 10.0. The molecule has 14 heteroatoms. The SMILES string of the molecule is C[C@@H](OP(=O)(O)OCCOCCCCCCCCCCCCCCc1ccc(F)cc1)[C@H]1O[C@@H](n2cc(F)c(=O)[nH]c2=O)C[C@@H]1O. The lowest BCUT2D eigenvalue weighted by Crippen LogP contribution is -2.35. The van der Waals surface area contributed by atoms with Crippen LogP contribution in [0, 0.1) is 11.6 Å². The van der Waals surface area contributed by atoms with Crippen molar-refractivity contribution >= 4 is 7.82 Å². The number of ether oxygens (including phenoxy) is 2. The molecule has 2 aromatic rings. The van der Waals surface area contributed by atoms with Crippen molar-refractivity contribution in [2.24, 2.45) is 0 Å². The number of aromatic amines is 1. The minimum absolute atomic E-state index is 0.111. The molecule has 1 aliphatic rings. The summed E-state index contributed by atoms with van der Waals surface area (Å²) in [5.41, 5.74) is -0.887. The lowest BCUT2D eigenvalue weighted by Gasteiger charge is -2.24. The Labute approximate surface area is 268 Å². The van der Waals surface area contributed by atoms with E-state index in [2.05, 4.69) is 0 Å². The van der Waals surface area contributed by atoms with Crippen LogP contribution in [0.15, 0.2) is 40.1 Å². The highest BCUT2D eigenvalue weighted by Crippen LogP contribution is 2.46. The summed E-state index contributed by atoms with van der Waals surface area (Å²) in [5, 5.41) is 10.3. The van der Waals surface area contributed by atoms with E-state index in [9.17, 15) is 32.9 Å². The van der Waals surface area contributed by atoms with Crippen LogP contribution in [0.2, 0.25) is 0 Å². The molecule has 0 radical (unpaired) electrons. The Hall–Kier alpha value is -2.25. The van der Waals surface area contributed by atoms with Gasteiger partial charge in [-0.3, -0.25) is 23.4 Å². The first-order valence-corrected chi connectivity index (χ1v) is 17.9. The molecule has 1 aliphatic heterocycles. The second kappa shape index (κ2) is 20.2. The Morgan fingerprint density at radius 2 is 1.52 bits per heavy atom. The fraction of sp³-hybridized carbons (Fsp3) is 0.688. The number of nitrogens with one attached hydrogen (secondary N) is 1. The number of rotatable bonds is 23. The molecule has 260 valence electrons. The number of halogens is 2. The Balaban J connectivity index is 1.13. The molecule has 5 atom stereocenters. The molecule has 11 nitrogen and oxygen atoms in total. The highest BCUT2D eigenvalue weighted by atomic mass is 31.2. The molecule has 2 heterocycles. The first-order valence-electron chi connectivity index (χ1n) is 16.4. The fourth-order valence-electron chi connectivity index (χ4n) is 5.51. The topological polar surface area (TPSA) is 149 Å². The molecular formula is C32H49F2N2O9P. The average Bonchev–Trinajstić information content (AvgIpc) is 3.40. The number of phosphoric ester groups is 1. The molecule has 0 aliphatic carbocycles. The van der Waals surface area contributed by atoms with E-state index < -0.39 is 49.4 Å². The molecule has 0 spiro atoms. The van der Waals surface area contributed by atoms with E-state index in [-0.39, 0.29) is 25.5 Å². The zero-order chi connectivity index (χ0) is 33.4. The van der Waals surface area contributed by atoms with Gasteiger partial charge in [0, 0.05) is 13.0 Å². The summed E-state index contributed by atoms with van der Waals surface area (Å²) in [6, 6.07) is 6.78. The summed E-state index contributed by atoms with van der Waals surface area (Å²) in [6.45, 7) is 1.86. The van der Waals surface area contributed by atoms with Gasteiger partial charge in [-0.2, -0.15) is 4.39 Å². The number of aryl methyl sites for hydroxylation is 1. The number of aromatic nitrogens is 2. The van der Waals surface area contributed by atoms with Crippen LogP contribution in [-0.4, -0.2) is 57.7 Å². The quantitative estimate of drug-likeness (QED) is 0.0964. The van der Waals surface area contributed by atoms with Crippen LogP contribution < -0.4 is 11.2 Å². The van der Waals surface area contributed by atoms with Crippen molar-refractivity contribution in [3.63, 3.8) is 0 Å². The molecule has 0 bridgehead atoms. The van der Waals surface area contributed by atoms with Gasteiger partial charge in [0.25, 0.3) is 5.56 Å². The molecule has 0 amide bonds. The maximum absolute atomic E-state index is 13.6. The number of nitrogens with zero attached hydrogens (tertiary/aromatic N) is 1. The van der Waals surface area contributed by atoms with Crippen molar-refractivity contribution in [3.05, 3.63) is 68.5 Å². The van der Waals surface area contributed by atoms with Gasteiger partial charge in [0.2, 0.25) is 5.82 Å². The minimum atomic E-state index is -4.50. The maximum Gasteiger partial charge on any atom is 0.472 e. The molecule has 1 saturated heterocycles. The smallest absolute Gasteiger partial charge is 0.390 e. The zero-order valence-corrected chi connectivity index (χ0v) is 27.5. The Morgan fingerprint density at radius 3 is 2.15 bits per heavy atom. The number of benzene rings is 1. The van der Waals surface area contributed by atoms with Gasteiger partial charge in [-0.1, -0.05) is 76.3 Å². The monoisotopic (exact) mass is 674 g/mol. The zero-order valence-electron chi connectivity index (χ0n) is 26.6. The van der Waals surface area contributed by atoms with Crippen molar-refractivity contribution in [1.82, 2.24) is 9.55 Å². The third kappa shape index (κ3) is 13.9. The molecule has 1 aromatic heterocycles. The van der Waals surface area contributed by atoms with E-state index in [1.807, 2.05) is 17.1 Å². The Kier molecular flexibility index (Phi) is 16.8. The predicted molar refractivity (Wildman–Crippen MR) is 168 cm³/mol. The van der Waals surface area contributed by atoms with Crippen LogP contribution in [0.5, 0.6) is 0 Å². The summed E-state index contributed by atoms with van der Waals surface area (Å²) >= 11 is 0. The van der Waals surface area contributed by atoms with Gasteiger partial charge < -0.3 is 19.5 Å². The van der Waals surface area contributed by atoms with E-state index in [0.29, 0.717) is 12.8 Å². The van der Waals surface area contributed by atoms with E-state index in [0.717, 1.165) is 36.7 Å². The highest BCUT2D eigenvalue weighted by Gasteiger charge is 2.42. The summed E-state index contributed by atoms with van der Waals surface area (Å²) in [7, 11) is -4.50. The molecule has 1 fully saturated rings. The first kappa shape index (κ1) is 38.2. The van der Waals surface area contributed by atoms with Gasteiger partial charge in [0.05, 0.1) is 31.6 Å². The number of H-pyrrole nitrogens is 1. The summed E-state index contributed by atoms with van der Waals surface area (Å²) in [6.07, 6.45) is 11.3. The van der Waals surface area contributed by atoms with Crippen LogP contribution in [0.3, 0.4) is 0 Å². The lowest BCUT2D eigenvalue weighted by molar-refractivity contribution is -0.0773. The standard InChI is InChI=1S/C32H49F2N2O9P/c1-24(30-28(37)22-29(44-30)36-23-27(34)31(38)35-32(36)39)45-46(40,41)43-21-20-42-19-13-11-9-7-5-3-2-4-6-8-10-12-14-25-15-17-26(33)18-16-25/h15-18,23-24,28-30,37H,2-14,19-22H2,1H3,(H,40,41)(H,35,38,39)/t24-,28+,29-,30-/m1/s1. The largest absolute Gasteiger partial charge is 0.472 e. The van der Waals surface area contributed by atoms with Crippen molar-refractivity contribution in [2.45, 2.75) is 121 Å². The minimum Gasteiger partial charge on any atom is -0.390 e.